The van der Waals surface area contributed by atoms with Crippen LogP contribution in [0.5, 0.6) is 0 Å². The van der Waals surface area contributed by atoms with Gasteiger partial charge in [-0.25, -0.2) is 0 Å². The maximum Gasteiger partial charge on any atom is 0.0440 e. The highest BCUT2D eigenvalue weighted by Crippen LogP contribution is 2.37. The van der Waals surface area contributed by atoms with Crippen LogP contribution in [0.25, 0.3) is 0 Å². The summed E-state index contributed by atoms with van der Waals surface area (Å²) in [6, 6.07) is 7.38. The highest BCUT2D eigenvalue weighted by atomic mass is 35.5. The van der Waals surface area contributed by atoms with E-state index in [0.29, 0.717) is 0 Å². The predicted octanol–water partition coefficient (Wildman–Crippen LogP) is 5.00. The molecule has 116 valence electrons. The van der Waals surface area contributed by atoms with Crippen LogP contribution in [0.4, 0.5) is 0 Å². The Morgan fingerprint density at radius 3 is 2.67 bits per heavy atom. The minimum absolute atomic E-state index is 0.792. The lowest BCUT2D eigenvalue weighted by Crippen LogP contribution is -2.34. The fourth-order valence-electron chi connectivity index (χ4n) is 3.79. The van der Waals surface area contributed by atoms with Gasteiger partial charge in [0.15, 0.2) is 0 Å². The molecule has 3 unspecified atom stereocenters. The van der Waals surface area contributed by atoms with Crippen molar-refractivity contribution < 1.29 is 0 Å². The van der Waals surface area contributed by atoms with Crippen molar-refractivity contribution in [2.75, 3.05) is 6.54 Å². The van der Waals surface area contributed by atoms with Gasteiger partial charge >= 0.3 is 0 Å². The van der Waals surface area contributed by atoms with E-state index in [2.05, 4.69) is 37.4 Å². The van der Waals surface area contributed by atoms with Gasteiger partial charge in [0, 0.05) is 11.1 Å². The van der Waals surface area contributed by atoms with Gasteiger partial charge in [-0.2, -0.15) is 0 Å². The van der Waals surface area contributed by atoms with Gasteiger partial charge in [0.05, 0.1) is 0 Å². The quantitative estimate of drug-likeness (QED) is 0.807. The third-order valence-electron chi connectivity index (χ3n) is 5.34. The van der Waals surface area contributed by atoms with E-state index >= 15 is 0 Å². The van der Waals surface area contributed by atoms with Crippen molar-refractivity contribution in [3.05, 3.63) is 34.3 Å². The lowest BCUT2D eigenvalue weighted by molar-refractivity contribution is 0.183. The number of halogens is 1. The van der Waals surface area contributed by atoms with Gasteiger partial charge in [-0.3, -0.25) is 0 Å². The molecule has 2 fully saturated rings. The molecule has 1 aromatic rings. The number of hydrogen-bond acceptors (Lipinski definition) is 1. The fraction of sp³-hybridized carbons (Fsp3) is 0.684. The second-order valence-corrected chi connectivity index (χ2v) is 7.83. The highest BCUT2D eigenvalue weighted by molar-refractivity contribution is 6.31. The summed E-state index contributed by atoms with van der Waals surface area (Å²) in [7, 11) is 0. The molecule has 0 bridgehead atoms. The molecule has 0 radical (unpaired) electrons. The number of aryl methyl sites for hydroxylation is 1. The van der Waals surface area contributed by atoms with Gasteiger partial charge in [0.1, 0.15) is 0 Å². The molecule has 1 nitrogen and oxygen atoms in total. The average molecular weight is 306 g/mol. The standard InChI is InChI=1S/C19H28ClN/c1-13-4-6-16(12-21-18-7-8-18)17(9-13)11-15-5-3-14(2)10-19(15)20/h3,5,10,13,16-18,21H,4,6-9,11-12H2,1-2H3. The number of rotatable bonds is 5. The van der Waals surface area contributed by atoms with E-state index < -0.39 is 0 Å². The average Bonchev–Trinajstić information content (AvgIpc) is 3.25. The monoisotopic (exact) mass is 305 g/mol. The van der Waals surface area contributed by atoms with Crippen molar-refractivity contribution in [2.24, 2.45) is 17.8 Å². The van der Waals surface area contributed by atoms with Gasteiger partial charge in [-0.05, 0) is 80.5 Å². The van der Waals surface area contributed by atoms with Crippen LogP contribution in [-0.2, 0) is 6.42 Å². The molecule has 1 N–H and O–H groups in total. The van der Waals surface area contributed by atoms with E-state index in [1.807, 2.05) is 0 Å². The Bertz CT molecular complexity index is 480. The molecule has 1 aromatic carbocycles. The maximum atomic E-state index is 6.45. The summed E-state index contributed by atoms with van der Waals surface area (Å²) in [5.41, 5.74) is 2.60. The molecular formula is C19H28ClN. The van der Waals surface area contributed by atoms with Crippen LogP contribution in [0.15, 0.2) is 18.2 Å². The third kappa shape index (κ3) is 4.23. The summed E-state index contributed by atoms with van der Waals surface area (Å²) in [6.07, 6.45) is 8.07. The summed E-state index contributed by atoms with van der Waals surface area (Å²) in [5.74, 6) is 2.50. The Morgan fingerprint density at radius 2 is 1.95 bits per heavy atom. The predicted molar refractivity (Wildman–Crippen MR) is 90.9 cm³/mol. The lowest BCUT2D eigenvalue weighted by Gasteiger charge is -2.35. The molecule has 21 heavy (non-hydrogen) atoms. The normalized spacial score (nSPS) is 29.6. The van der Waals surface area contributed by atoms with Crippen LogP contribution in [0.3, 0.4) is 0 Å². The van der Waals surface area contributed by atoms with E-state index in [1.54, 1.807) is 0 Å². The van der Waals surface area contributed by atoms with Gasteiger partial charge in [-0.15, -0.1) is 0 Å². The number of benzene rings is 1. The van der Waals surface area contributed by atoms with E-state index in [9.17, 15) is 0 Å². The molecule has 0 saturated heterocycles. The Balaban J connectivity index is 1.65. The zero-order chi connectivity index (χ0) is 14.8. The molecule has 0 heterocycles. The van der Waals surface area contributed by atoms with Crippen molar-refractivity contribution in [2.45, 2.75) is 58.4 Å². The molecule has 0 aromatic heterocycles. The van der Waals surface area contributed by atoms with Crippen LogP contribution in [-0.4, -0.2) is 12.6 Å². The second kappa shape index (κ2) is 6.71. The van der Waals surface area contributed by atoms with Crippen LogP contribution < -0.4 is 5.32 Å². The second-order valence-electron chi connectivity index (χ2n) is 7.42. The molecule has 0 spiro atoms. The Hall–Kier alpha value is -0.530. The zero-order valence-electron chi connectivity index (χ0n) is 13.4. The van der Waals surface area contributed by atoms with Crippen molar-refractivity contribution in [3.8, 4) is 0 Å². The van der Waals surface area contributed by atoms with E-state index in [0.717, 1.165) is 35.2 Å². The third-order valence-corrected chi connectivity index (χ3v) is 5.69. The molecule has 0 aliphatic heterocycles. The molecule has 2 aliphatic rings. The Labute approximate surface area is 134 Å². The Kier molecular flexibility index (Phi) is 4.91. The van der Waals surface area contributed by atoms with Crippen molar-refractivity contribution in [3.63, 3.8) is 0 Å². The number of nitrogens with one attached hydrogen (secondary N) is 1. The van der Waals surface area contributed by atoms with Gasteiger partial charge in [-0.1, -0.05) is 37.1 Å². The van der Waals surface area contributed by atoms with Gasteiger partial charge in [0.25, 0.3) is 0 Å². The molecule has 2 aliphatic carbocycles. The zero-order valence-corrected chi connectivity index (χ0v) is 14.1. The van der Waals surface area contributed by atoms with Gasteiger partial charge in [0.2, 0.25) is 0 Å². The first-order valence-corrected chi connectivity index (χ1v) is 8.98. The minimum Gasteiger partial charge on any atom is -0.314 e. The summed E-state index contributed by atoms with van der Waals surface area (Å²) in [4.78, 5) is 0. The first-order chi connectivity index (χ1) is 10.1. The topological polar surface area (TPSA) is 12.0 Å². The summed E-state index contributed by atoms with van der Waals surface area (Å²) in [6.45, 7) is 5.74. The molecule has 0 amide bonds. The fourth-order valence-corrected chi connectivity index (χ4v) is 4.10. The molecule has 3 atom stereocenters. The largest absolute Gasteiger partial charge is 0.314 e. The van der Waals surface area contributed by atoms with Crippen LogP contribution >= 0.6 is 11.6 Å². The minimum atomic E-state index is 0.792. The van der Waals surface area contributed by atoms with E-state index in [-0.39, 0.29) is 0 Å². The smallest absolute Gasteiger partial charge is 0.0440 e. The summed E-state index contributed by atoms with van der Waals surface area (Å²) in [5, 5.41) is 4.71. The van der Waals surface area contributed by atoms with Gasteiger partial charge < -0.3 is 5.32 Å². The van der Waals surface area contributed by atoms with Crippen LogP contribution in [0.1, 0.15) is 50.2 Å². The summed E-state index contributed by atoms with van der Waals surface area (Å²) >= 11 is 6.45. The molecular weight excluding hydrogens is 278 g/mol. The van der Waals surface area contributed by atoms with Crippen molar-refractivity contribution in [1.29, 1.82) is 0 Å². The van der Waals surface area contributed by atoms with E-state index in [4.69, 9.17) is 11.6 Å². The molecule has 2 heteroatoms. The Morgan fingerprint density at radius 1 is 1.14 bits per heavy atom. The maximum absolute atomic E-state index is 6.45. The van der Waals surface area contributed by atoms with Crippen LogP contribution in [0.2, 0.25) is 5.02 Å². The number of hydrogen-bond donors (Lipinski definition) is 1. The first kappa shape index (κ1) is 15.4. The highest BCUT2D eigenvalue weighted by Gasteiger charge is 2.30. The van der Waals surface area contributed by atoms with Crippen LogP contribution in [0, 0.1) is 24.7 Å². The van der Waals surface area contributed by atoms with E-state index in [1.165, 1.54) is 49.8 Å². The molecule has 2 saturated carbocycles. The SMILES string of the molecule is Cc1ccc(CC2CC(C)CCC2CNC2CC2)c(Cl)c1. The van der Waals surface area contributed by atoms with Crippen molar-refractivity contribution >= 4 is 11.6 Å². The summed E-state index contributed by atoms with van der Waals surface area (Å²) < 4.78 is 0. The first-order valence-electron chi connectivity index (χ1n) is 8.60. The lowest BCUT2D eigenvalue weighted by atomic mass is 9.72. The molecule has 3 rings (SSSR count). The van der Waals surface area contributed by atoms with Crippen molar-refractivity contribution in [1.82, 2.24) is 5.32 Å².